The van der Waals surface area contributed by atoms with E-state index in [-0.39, 0.29) is 30.3 Å². The van der Waals surface area contributed by atoms with Gasteiger partial charge >= 0.3 is 0 Å². The molecular formula is C21H30FN3O3. The molecular weight excluding hydrogens is 361 g/mol. The number of methoxy groups -OCH3 is 1. The average molecular weight is 391 g/mol. The molecule has 1 aromatic rings. The Morgan fingerprint density at radius 1 is 1.21 bits per heavy atom. The first-order chi connectivity index (χ1) is 13.6. The van der Waals surface area contributed by atoms with E-state index in [1.165, 1.54) is 19.2 Å². The van der Waals surface area contributed by atoms with Gasteiger partial charge in [0, 0.05) is 39.8 Å². The molecule has 2 aliphatic rings. The molecule has 2 amide bonds. The zero-order chi connectivity index (χ0) is 19.9. The number of piperazine rings is 1. The van der Waals surface area contributed by atoms with Crippen LogP contribution in [0.25, 0.3) is 0 Å². The second-order valence-electron chi connectivity index (χ2n) is 7.69. The third-order valence-electron chi connectivity index (χ3n) is 5.80. The van der Waals surface area contributed by atoms with Crippen LogP contribution in [0.5, 0.6) is 0 Å². The van der Waals surface area contributed by atoms with Crippen molar-refractivity contribution < 1.29 is 18.7 Å². The highest BCUT2D eigenvalue weighted by Gasteiger charge is 2.37. The number of benzene rings is 1. The molecule has 28 heavy (non-hydrogen) atoms. The highest BCUT2D eigenvalue weighted by molar-refractivity contribution is 5.82. The third kappa shape index (κ3) is 5.29. The average Bonchev–Trinajstić information content (AvgIpc) is 3.21. The summed E-state index contributed by atoms with van der Waals surface area (Å²) in [5.74, 6) is 0.0487. The number of halogens is 1. The molecule has 1 heterocycles. The summed E-state index contributed by atoms with van der Waals surface area (Å²) in [6.07, 6.45) is 4.43. The molecule has 6 nitrogen and oxygen atoms in total. The minimum atomic E-state index is -0.295. The van der Waals surface area contributed by atoms with Crippen LogP contribution in [0.3, 0.4) is 0 Å². The van der Waals surface area contributed by atoms with Crippen molar-refractivity contribution in [3.63, 3.8) is 0 Å². The second-order valence-corrected chi connectivity index (χ2v) is 7.69. The first-order valence-corrected chi connectivity index (χ1v) is 10.1. The van der Waals surface area contributed by atoms with Gasteiger partial charge in [-0.3, -0.25) is 14.5 Å². The van der Waals surface area contributed by atoms with Crippen molar-refractivity contribution in [2.45, 2.75) is 38.3 Å². The van der Waals surface area contributed by atoms with E-state index < -0.39 is 0 Å². The summed E-state index contributed by atoms with van der Waals surface area (Å²) in [5, 5.41) is 3.01. The van der Waals surface area contributed by atoms with Crippen LogP contribution >= 0.6 is 0 Å². The molecule has 3 rings (SSSR count). The number of nitrogens with one attached hydrogen (secondary N) is 1. The third-order valence-corrected chi connectivity index (χ3v) is 5.80. The normalized spacial score (nSPS) is 19.6. The Morgan fingerprint density at radius 3 is 2.57 bits per heavy atom. The van der Waals surface area contributed by atoms with Gasteiger partial charge in [0.05, 0.1) is 6.04 Å². The van der Waals surface area contributed by atoms with E-state index in [2.05, 4.69) is 10.2 Å². The van der Waals surface area contributed by atoms with Crippen LogP contribution in [0.4, 0.5) is 4.39 Å². The lowest BCUT2D eigenvalue weighted by molar-refractivity contribution is -0.138. The summed E-state index contributed by atoms with van der Waals surface area (Å²) in [5.41, 5.74) is 0.758. The molecule has 1 aliphatic heterocycles. The molecule has 1 saturated carbocycles. The Balaban J connectivity index is 1.61. The highest BCUT2D eigenvalue weighted by atomic mass is 19.1. The van der Waals surface area contributed by atoms with Gasteiger partial charge in [0.1, 0.15) is 12.4 Å². The molecule has 0 bridgehead atoms. The van der Waals surface area contributed by atoms with Crippen LogP contribution in [0.1, 0.15) is 31.2 Å². The minimum Gasteiger partial charge on any atom is -0.375 e. The van der Waals surface area contributed by atoms with Crippen LogP contribution in [0.2, 0.25) is 0 Å². The van der Waals surface area contributed by atoms with Crippen LogP contribution in [0.15, 0.2) is 24.3 Å². The number of hydrogen-bond acceptors (Lipinski definition) is 4. The number of carbonyl (C=O) groups is 2. The molecule has 7 heteroatoms. The van der Waals surface area contributed by atoms with E-state index in [4.69, 9.17) is 4.74 Å². The Labute approximate surface area is 166 Å². The summed E-state index contributed by atoms with van der Waals surface area (Å²) in [7, 11) is 1.52. The highest BCUT2D eigenvalue weighted by Crippen LogP contribution is 2.31. The van der Waals surface area contributed by atoms with Gasteiger partial charge in [0.15, 0.2) is 0 Å². The zero-order valence-corrected chi connectivity index (χ0v) is 16.5. The Kier molecular flexibility index (Phi) is 7.39. The van der Waals surface area contributed by atoms with E-state index in [9.17, 15) is 14.0 Å². The van der Waals surface area contributed by atoms with Crippen LogP contribution in [-0.2, 0) is 20.9 Å². The van der Waals surface area contributed by atoms with Crippen molar-refractivity contribution in [3.05, 3.63) is 35.6 Å². The fourth-order valence-corrected chi connectivity index (χ4v) is 4.36. The maximum absolute atomic E-state index is 13.4. The second kappa shape index (κ2) is 9.98. The molecule has 1 saturated heterocycles. The molecule has 0 radical (unpaired) electrons. The smallest absolute Gasteiger partial charge is 0.248 e. The fraction of sp³-hybridized carbons (Fsp3) is 0.619. The molecule has 2 fully saturated rings. The first kappa shape index (κ1) is 20.7. The van der Waals surface area contributed by atoms with Gasteiger partial charge in [-0.25, -0.2) is 4.39 Å². The molecule has 0 aromatic heterocycles. The van der Waals surface area contributed by atoms with Crippen molar-refractivity contribution in [3.8, 4) is 0 Å². The Morgan fingerprint density at radius 2 is 1.93 bits per heavy atom. The summed E-state index contributed by atoms with van der Waals surface area (Å²) in [4.78, 5) is 29.1. The van der Waals surface area contributed by atoms with Crippen LogP contribution in [-0.4, -0.2) is 67.6 Å². The largest absolute Gasteiger partial charge is 0.375 e. The molecule has 1 aromatic carbocycles. The van der Waals surface area contributed by atoms with E-state index in [1.54, 1.807) is 11.0 Å². The molecule has 154 valence electrons. The van der Waals surface area contributed by atoms with E-state index in [1.807, 2.05) is 6.07 Å². The van der Waals surface area contributed by atoms with Crippen molar-refractivity contribution in [1.82, 2.24) is 15.1 Å². The minimum absolute atomic E-state index is 0.00452. The SMILES string of the molecule is COCC(=O)N1CCN(C(C(=O)NCc2cccc(F)c2)C2CCCC2)CC1. The summed E-state index contributed by atoms with van der Waals surface area (Å²) in [6.45, 7) is 3.02. The lowest BCUT2D eigenvalue weighted by Crippen LogP contribution is -2.58. The van der Waals surface area contributed by atoms with Gasteiger partial charge in [-0.05, 0) is 36.5 Å². The summed E-state index contributed by atoms with van der Waals surface area (Å²) >= 11 is 0. The number of nitrogens with zero attached hydrogens (tertiary/aromatic N) is 2. The monoisotopic (exact) mass is 391 g/mol. The fourth-order valence-electron chi connectivity index (χ4n) is 4.36. The van der Waals surface area contributed by atoms with E-state index in [0.29, 0.717) is 38.6 Å². The molecule has 1 atom stereocenters. The molecule has 0 spiro atoms. The number of ether oxygens (including phenoxy) is 1. The van der Waals surface area contributed by atoms with Gasteiger partial charge in [-0.1, -0.05) is 25.0 Å². The quantitative estimate of drug-likeness (QED) is 0.770. The Hall–Kier alpha value is -1.99. The maximum Gasteiger partial charge on any atom is 0.248 e. The molecule has 1 N–H and O–H groups in total. The van der Waals surface area contributed by atoms with Crippen molar-refractivity contribution in [1.29, 1.82) is 0 Å². The van der Waals surface area contributed by atoms with Gasteiger partial charge in [-0.15, -0.1) is 0 Å². The van der Waals surface area contributed by atoms with Gasteiger partial charge in [0.2, 0.25) is 11.8 Å². The Bertz CT molecular complexity index is 671. The van der Waals surface area contributed by atoms with Crippen molar-refractivity contribution >= 4 is 11.8 Å². The predicted molar refractivity (Wildman–Crippen MR) is 104 cm³/mol. The van der Waals surface area contributed by atoms with Gasteiger partial charge in [0.25, 0.3) is 0 Å². The standard InChI is InChI=1S/C21H30FN3O3/c1-28-15-19(26)24-9-11-25(12-10-24)20(17-6-2-3-7-17)21(27)23-14-16-5-4-8-18(22)13-16/h4-5,8,13,17,20H,2-3,6-7,9-12,14-15H2,1H3,(H,23,27). The maximum atomic E-state index is 13.4. The van der Waals surface area contributed by atoms with E-state index in [0.717, 1.165) is 31.2 Å². The van der Waals surface area contributed by atoms with Crippen LogP contribution in [0, 0.1) is 11.7 Å². The summed E-state index contributed by atoms with van der Waals surface area (Å²) in [6, 6.07) is 6.13. The number of amides is 2. The lowest BCUT2D eigenvalue weighted by atomic mass is 9.95. The van der Waals surface area contributed by atoms with Crippen molar-refractivity contribution in [2.24, 2.45) is 5.92 Å². The van der Waals surface area contributed by atoms with E-state index >= 15 is 0 Å². The number of carbonyl (C=O) groups excluding carboxylic acids is 2. The molecule has 1 unspecified atom stereocenters. The van der Waals surface area contributed by atoms with Crippen molar-refractivity contribution in [2.75, 3.05) is 39.9 Å². The first-order valence-electron chi connectivity index (χ1n) is 10.1. The zero-order valence-electron chi connectivity index (χ0n) is 16.5. The topological polar surface area (TPSA) is 61.9 Å². The van der Waals surface area contributed by atoms with Crippen LogP contribution < -0.4 is 5.32 Å². The number of hydrogen-bond donors (Lipinski definition) is 1. The van der Waals surface area contributed by atoms with Gasteiger partial charge in [-0.2, -0.15) is 0 Å². The molecule has 1 aliphatic carbocycles. The number of rotatable bonds is 7. The predicted octanol–water partition coefficient (Wildman–Crippen LogP) is 1.79. The van der Waals surface area contributed by atoms with Gasteiger partial charge < -0.3 is 15.0 Å². The lowest BCUT2D eigenvalue weighted by Gasteiger charge is -2.40. The summed E-state index contributed by atoms with van der Waals surface area (Å²) < 4.78 is 18.3.